The summed E-state index contributed by atoms with van der Waals surface area (Å²) >= 11 is 0. The lowest BCUT2D eigenvalue weighted by molar-refractivity contribution is -0.140. The molecule has 0 radical (unpaired) electrons. The van der Waals surface area contributed by atoms with Crippen molar-refractivity contribution in [1.29, 1.82) is 5.26 Å². The number of amides is 3. The van der Waals surface area contributed by atoms with Crippen molar-refractivity contribution in [2.45, 2.75) is 32.1 Å². The summed E-state index contributed by atoms with van der Waals surface area (Å²) in [6.45, 7) is 2.24. The number of nitriles is 1. The first-order chi connectivity index (χ1) is 17.0. The third-order valence-corrected chi connectivity index (χ3v) is 6.14. The highest BCUT2D eigenvalue weighted by molar-refractivity contribution is 5.95. The lowest BCUT2D eigenvalue weighted by Crippen LogP contribution is -2.50. The number of hydrogen-bond donors (Lipinski definition) is 0. The SMILES string of the molecule is COc1ccc(CCC(=O)N2CCN(C(=O)CCC(=O)N(CCC#N)c3ccccc3)CC2)cc1. The summed E-state index contributed by atoms with van der Waals surface area (Å²) in [5.41, 5.74) is 1.80. The Kier molecular flexibility index (Phi) is 9.67. The van der Waals surface area contributed by atoms with E-state index in [-0.39, 0.29) is 37.0 Å². The Hall–Kier alpha value is -3.86. The predicted octanol–water partition coefficient (Wildman–Crippen LogP) is 3.03. The van der Waals surface area contributed by atoms with E-state index in [1.165, 1.54) is 0 Å². The number of anilines is 1. The van der Waals surface area contributed by atoms with Crippen LogP contribution in [0.1, 0.15) is 31.2 Å². The van der Waals surface area contributed by atoms with Gasteiger partial charge in [-0.2, -0.15) is 5.26 Å². The summed E-state index contributed by atoms with van der Waals surface area (Å²) < 4.78 is 5.16. The topological polar surface area (TPSA) is 93.9 Å². The normalized spacial score (nSPS) is 13.1. The summed E-state index contributed by atoms with van der Waals surface area (Å²) in [5.74, 6) is 0.612. The molecule has 1 aliphatic rings. The van der Waals surface area contributed by atoms with Gasteiger partial charge in [-0.05, 0) is 36.2 Å². The molecule has 0 N–H and O–H groups in total. The molecule has 0 aromatic heterocycles. The zero-order valence-electron chi connectivity index (χ0n) is 20.2. The van der Waals surface area contributed by atoms with Crippen LogP contribution in [0.3, 0.4) is 0 Å². The van der Waals surface area contributed by atoms with E-state index in [1.54, 1.807) is 21.8 Å². The Morgan fingerprint density at radius 3 is 2.06 bits per heavy atom. The smallest absolute Gasteiger partial charge is 0.227 e. The molecule has 1 saturated heterocycles. The van der Waals surface area contributed by atoms with Crippen LogP contribution >= 0.6 is 0 Å². The molecule has 0 spiro atoms. The largest absolute Gasteiger partial charge is 0.497 e. The van der Waals surface area contributed by atoms with Gasteiger partial charge in [0.15, 0.2) is 0 Å². The first kappa shape index (κ1) is 25.8. The zero-order valence-corrected chi connectivity index (χ0v) is 20.2. The van der Waals surface area contributed by atoms with Crippen molar-refractivity contribution < 1.29 is 19.1 Å². The highest BCUT2D eigenvalue weighted by atomic mass is 16.5. The minimum atomic E-state index is -0.174. The standard InChI is InChI=1S/C27H32N4O4/c1-35-24-11-8-22(9-12-24)10-13-25(32)29-18-20-30(21-19-29)26(33)14-15-27(34)31(17-5-16-28)23-6-3-2-4-7-23/h2-4,6-9,11-12H,5,10,13-15,17-21H2,1H3. The average molecular weight is 477 g/mol. The van der Waals surface area contributed by atoms with E-state index in [4.69, 9.17) is 10.00 Å². The third-order valence-electron chi connectivity index (χ3n) is 6.14. The van der Waals surface area contributed by atoms with E-state index in [2.05, 4.69) is 6.07 Å². The lowest BCUT2D eigenvalue weighted by Gasteiger charge is -2.35. The molecule has 3 amide bonds. The van der Waals surface area contributed by atoms with Gasteiger partial charge in [-0.25, -0.2) is 0 Å². The van der Waals surface area contributed by atoms with Crippen LogP contribution in [0, 0.1) is 11.3 Å². The number of piperazine rings is 1. The molecule has 3 rings (SSSR count). The van der Waals surface area contributed by atoms with Crippen molar-refractivity contribution in [3.8, 4) is 11.8 Å². The predicted molar refractivity (Wildman–Crippen MR) is 133 cm³/mol. The number of ether oxygens (including phenoxy) is 1. The Balaban J connectivity index is 1.42. The second-order valence-corrected chi connectivity index (χ2v) is 8.40. The molecule has 8 nitrogen and oxygen atoms in total. The molecule has 0 saturated carbocycles. The molecule has 0 atom stereocenters. The molecule has 184 valence electrons. The van der Waals surface area contributed by atoms with E-state index in [0.717, 1.165) is 17.0 Å². The number of rotatable bonds is 10. The van der Waals surface area contributed by atoms with Crippen LogP contribution in [-0.4, -0.2) is 67.4 Å². The van der Waals surface area contributed by atoms with Crippen LogP contribution in [0.4, 0.5) is 5.69 Å². The minimum Gasteiger partial charge on any atom is -0.497 e. The molecule has 0 unspecified atom stereocenters. The number of benzene rings is 2. The Labute approximate surface area is 206 Å². The van der Waals surface area contributed by atoms with Gasteiger partial charge in [-0.15, -0.1) is 0 Å². The Morgan fingerprint density at radius 2 is 1.49 bits per heavy atom. The number of hydrogen-bond acceptors (Lipinski definition) is 5. The molecule has 2 aromatic rings. The zero-order chi connectivity index (χ0) is 25.0. The van der Waals surface area contributed by atoms with Crippen molar-refractivity contribution in [2.24, 2.45) is 0 Å². The number of methoxy groups -OCH3 is 1. The maximum Gasteiger partial charge on any atom is 0.227 e. The van der Waals surface area contributed by atoms with Crippen LogP contribution in [-0.2, 0) is 20.8 Å². The van der Waals surface area contributed by atoms with Gasteiger partial charge >= 0.3 is 0 Å². The highest BCUT2D eigenvalue weighted by Crippen LogP contribution is 2.17. The third kappa shape index (κ3) is 7.57. The van der Waals surface area contributed by atoms with Crippen LogP contribution in [0.25, 0.3) is 0 Å². The Morgan fingerprint density at radius 1 is 0.886 bits per heavy atom. The van der Waals surface area contributed by atoms with Gasteiger partial charge in [0.2, 0.25) is 17.7 Å². The van der Waals surface area contributed by atoms with Gasteiger partial charge in [0.1, 0.15) is 5.75 Å². The molecule has 1 aliphatic heterocycles. The fourth-order valence-corrected chi connectivity index (χ4v) is 4.08. The van der Waals surface area contributed by atoms with E-state index in [1.807, 2.05) is 54.6 Å². The summed E-state index contributed by atoms with van der Waals surface area (Å²) in [4.78, 5) is 43.2. The molecular weight excluding hydrogens is 444 g/mol. The number of carbonyl (C=O) groups is 3. The van der Waals surface area contributed by atoms with Crippen molar-refractivity contribution in [1.82, 2.24) is 9.80 Å². The first-order valence-electron chi connectivity index (χ1n) is 11.9. The molecule has 1 heterocycles. The number of para-hydroxylation sites is 1. The average Bonchev–Trinajstić information content (AvgIpc) is 2.91. The van der Waals surface area contributed by atoms with E-state index in [9.17, 15) is 14.4 Å². The van der Waals surface area contributed by atoms with E-state index >= 15 is 0 Å². The fourth-order valence-electron chi connectivity index (χ4n) is 4.08. The number of aryl methyl sites for hydroxylation is 1. The molecule has 0 aliphatic carbocycles. The van der Waals surface area contributed by atoms with E-state index in [0.29, 0.717) is 45.6 Å². The van der Waals surface area contributed by atoms with Crippen LogP contribution < -0.4 is 9.64 Å². The molecule has 35 heavy (non-hydrogen) atoms. The molecule has 8 heteroatoms. The van der Waals surface area contributed by atoms with Gasteiger partial charge in [0, 0.05) is 57.7 Å². The first-order valence-corrected chi connectivity index (χ1v) is 11.9. The van der Waals surface area contributed by atoms with Crippen LogP contribution in [0.5, 0.6) is 5.75 Å². The fraction of sp³-hybridized carbons (Fsp3) is 0.407. The number of nitrogens with zero attached hydrogens (tertiary/aromatic N) is 4. The van der Waals surface area contributed by atoms with Gasteiger partial charge in [0.25, 0.3) is 0 Å². The lowest BCUT2D eigenvalue weighted by atomic mass is 10.1. The quantitative estimate of drug-likeness (QED) is 0.525. The second-order valence-electron chi connectivity index (χ2n) is 8.40. The van der Waals surface area contributed by atoms with Gasteiger partial charge < -0.3 is 19.4 Å². The minimum absolute atomic E-state index is 0.0825. The highest BCUT2D eigenvalue weighted by Gasteiger charge is 2.25. The van der Waals surface area contributed by atoms with Gasteiger partial charge in [-0.3, -0.25) is 14.4 Å². The van der Waals surface area contributed by atoms with Crippen molar-refractivity contribution in [3.63, 3.8) is 0 Å². The van der Waals surface area contributed by atoms with E-state index < -0.39 is 0 Å². The maximum atomic E-state index is 12.8. The summed E-state index contributed by atoms with van der Waals surface area (Å²) in [6, 6.07) is 18.9. The van der Waals surface area contributed by atoms with Gasteiger partial charge in [0.05, 0.1) is 19.6 Å². The Bertz CT molecular complexity index is 1030. The summed E-state index contributed by atoms with van der Waals surface area (Å²) in [5, 5.41) is 8.92. The van der Waals surface area contributed by atoms with Crippen molar-refractivity contribution >= 4 is 23.4 Å². The maximum absolute atomic E-state index is 12.8. The molecule has 1 fully saturated rings. The second kappa shape index (κ2) is 13.1. The molecule has 0 bridgehead atoms. The van der Waals surface area contributed by atoms with Crippen LogP contribution in [0.2, 0.25) is 0 Å². The number of carbonyl (C=O) groups excluding carboxylic acids is 3. The monoisotopic (exact) mass is 476 g/mol. The van der Waals surface area contributed by atoms with Gasteiger partial charge in [-0.1, -0.05) is 30.3 Å². The van der Waals surface area contributed by atoms with Crippen molar-refractivity contribution in [3.05, 3.63) is 60.2 Å². The molecular formula is C27H32N4O4. The van der Waals surface area contributed by atoms with Crippen LogP contribution in [0.15, 0.2) is 54.6 Å². The summed E-state index contributed by atoms with van der Waals surface area (Å²) in [7, 11) is 1.62. The molecule has 2 aromatic carbocycles. The van der Waals surface area contributed by atoms with Crippen molar-refractivity contribution in [2.75, 3.05) is 44.7 Å². The summed E-state index contributed by atoms with van der Waals surface area (Å²) in [6.07, 6.45) is 1.50.